The van der Waals surface area contributed by atoms with E-state index in [0.29, 0.717) is 5.02 Å². The Labute approximate surface area is 154 Å². The van der Waals surface area contributed by atoms with Gasteiger partial charge in [-0.3, -0.25) is 4.79 Å². The first-order valence-electron chi connectivity index (χ1n) is 7.16. The first-order valence-corrected chi connectivity index (χ1v) is 8.33. The van der Waals surface area contributed by atoms with Crippen molar-refractivity contribution in [3.63, 3.8) is 0 Å². The zero-order valence-corrected chi connectivity index (χ0v) is 15.3. The summed E-state index contributed by atoms with van der Waals surface area (Å²) in [6.07, 6.45) is 1.40. The van der Waals surface area contributed by atoms with Crippen LogP contribution in [0.3, 0.4) is 0 Å². The normalized spacial score (nSPS) is 10.8. The number of hydrogen-bond donors (Lipinski definition) is 2. The van der Waals surface area contributed by atoms with E-state index in [9.17, 15) is 10.1 Å². The Balaban J connectivity index is 2.03. The van der Waals surface area contributed by atoms with Gasteiger partial charge < -0.3 is 10.6 Å². The molecule has 122 valence electrons. The molecule has 4 nitrogen and oxygen atoms in total. The lowest BCUT2D eigenvalue weighted by atomic mass is 10.2. The van der Waals surface area contributed by atoms with Gasteiger partial charge in [-0.15, -0.1) is 0 Å². The van der Waals surface area contributed by atoms with Gasteiger partial charge in [0.2, 0.25) is 0 Å². The molecule has 0 spiro atoms. The molecule has 1 amide bonds. The summed E-state index contributed by atoms with van der Waals surface area (Å²) in [6, 6.07) is 14.8. The van der Waals surface area contributed by atoms with Crippen molar-refractivity contribution in [1.29, 1.82) is 5.26 Å². The molecule has 0 heterocycles. The highest BCUT2D eigenvalue weighted by Crippen LogP contribution is 2.20. The molecule has 0 aliphatic carbocycles. The van der Waals surface area contributed by atoms with Crippen LogP contribution in [0.1, 0.15) is 11.1 Å². The third-order valence-corrected chi connectivity index (χ3v) is 4.18. The van der Waals surface area contributed by atoms with Gasteiger partial charge in [0.1, 0.15) is 11.6 Å². The van der Waals surface area contributed by atoms with Gasteiger partial charge in [0.05, 0.1) is 0 Å². The quantitative estimate of drug-likeness (QED) is 0.568. The Bertz CT molecular complexity index is 827. The van der Waals surface area contributed by atoms with Crippen molar-refractivity contribution in [2.45, 2.75) is 13.5 Å². The molecule has 0 unspecified atom stereocenters. The van der Waals surface area contributed by atoms with Crippen LogP contribution in [0.25, 0.3) is 0 Å². The van der Waals surface area contributed by atoms with E-state index in [1.807, 2.05) is 49.4 Å². The van der Waals surface area contributed by atoms with Gasteiger partial charge in [0, 0.05) is 27.9 Å². The molecule has 0 aliphatic rings. The van der Waals surface area contributed by atoms with Crippen LogP contribution in [-0.4, -0.2) is 5.91 Å². The zero-order chi connectivity index (χ0) is 17.5. The average molecular weight is 405 g/mol. The highest BCUT2D eigenvalue weighted by atomic mass is 79.9. The summed E-state index contributed by atoms with van der Waals surface area (Å²) < 4.78 is 0.965. The third kappa shape index (κ3) is 4.85. The molecule has 6 heteroatoms. The summed E-state index contributed by atoms with van der Waals surface area (Å²) in [7, 11) is 0. The molecule has 0 fully saturated rings. The molecule has 24 heavy (non-hydrogen) atoms. The van der Waals surface area contributed by atoms with E-state index in [2.05, 4.69) is 26.6 Å². The lowest BCUT2D eigenvalue weighted by Gasteiger charge is -2.08. The fourth-order valence-corrected chi connectivity index (χ4v) is 2.68. The van der Waals surface area contributed by atoms with Crippen LogP contribution >= 0.6 is 27.5 Å². The minimum Gasteiger partial charge on any atom is -0.360 e. The van der Waals surface area contributed by atoms with Crippen molar-refractivity contribution in [2.24, 2.45) is 0 Å². The number of hydrogen-bond acceptors (Lipinski definition) is 3. The largest absolute Gasteiger partial charge is 0.360 e. The molecule has 2 rings (SSSR count). The highest BCUT2D eigenvalue weighted by Gasteiger charge is 2.09. The van der Waals surface area contributed by atoms with Crippen molar-refractivity contribution in [1.82, 2.24) is 5.32 Å². The summed E-state index contributed by atoms with van der Waals surface area (Å²) >= 11 is 9.44. The molecule has 0 bridgehead atoms. The van der Waals surface area contributed by atoms with Crippen molar-refractivity contribution in [3.8, 4) is 6.07 Å². The maximum absolute atomic E-state index is 12.1. The van der Waals surface area contributed by atoms with Crippen LogP contribution in [0.4, 0.5) is 5.69 Å². The number of nitriles is 1. The first kappa shape index (κ1) is 18.1. The smallest absolute Gasteiger partial charge is 0.263 e. The topological polar surface area (TPSA) is 64.9 Å². The first-order chi connectivity index (χ1) is 11.5. The van der Waals surface area contributed by atoms with Crippen molar-refractivity contribution in [2.75, 3.05) is 5.32 Å². The van der Waals surface area contributed by atoms with E-state index < -0.39 is 5.91 Å². The standard InChI is InChI=1S/C18H15BrClN3O/c1-12-8-15(19)6-7-17(12)22-11-14(9-21)18(24)23-10-13-4-2-3-5-16(13)20/h2-8,11,22H,10H2,1H3,(H,23,24)/b14-11-. The average Bonchev–Trinajstić information content (AvgIpc) is 2.56. The number of aryl methyl sites for hydroxylation is 1. The molecule has 2 aromatic carbocycles. The Kier molecular flexibility index (Phi) is 6.42. The lowest BCUT2D eigenvalue weighted by Crippen LogP contribution is -2.24. The van der Waals surface area contributed by atoms with Crippen LogP contribution in [0.5, 0.6) is 0 Å². The number of rotatable bonds is 5. The lowest BCUT2D eigenvalue weighted by molar-refractivity contribution is -0.117. The molecule has 0 atom stereocenters. The fourth-order valence-electron chi connectivity index (χ4n) is 2.00. The number of carbonyl (C=O) groups is 1. The van der Waals surface area contributed by atoms with Gasteiger partial charge in [-0.1, -0.05) is 45.7 Å². The molecule has 0 saturated heterocycles. The van der Waals surface area contributed by atoms with Crippen LogP contribution in [0.15, 0.2) is 58.7 Å². The molecular weight excluding hydrogens is 390 g/mol. The summed E-state index contributed by atoms with van der Waals surface area (Å²) in [6.45, 7) is 2.19. The summed E-state index contributed by atoms with van der Waals surface area (Å²) in [4.78, 5) is 12.1. The van der Waals surface area contributed by atoms with Gasteiger partial charge in [0.25, 0.3) is 5.91 Å². The highest BCUT2D eigenvalue weighted by molar-refractivity contribution is 9.10. The summed E-state index contributed by atoms with van der Waals surface area (Å²) in [5, 5.41) is 15.4. The monoisotopic (exact) mass is 403 g/mol. The molecule has 0 saturated carbocycles. The molecule has 2 N–H and O–H groups in total. The maximum atomic E-state index is 12.1. The molecule has 0 radical (unpaired) electrons. The number of halogens is 2. The number of anilines is 1. The van der Waals surface area contributed by atoms with E-state index in [1.165, 1.54) is 6.20 Å². The van der Waals surface area contributed by atoms with Crippen LogP contribution in [-0.2, 0) is 11.3 Å². The van der Waals surface area contributed by atoms with E-state index in [-0.39, 0.29) is 12.1 Å². The molecule has 2 aromatic rings. The van der Waals surface area contributed by atoms with Gasteiger partial charge in [-0.2, -0.15) is 5.26 Å². The minimum absolute atomic E-state index is 0.00984. The van der Waals surface area contributed by atoms with Crippen molar-refractivity contribution < 1.29 is 4.79 Å². The second-order valence-corrected chi connectivity index (χ2v) is 6.37. The van der Waals surface area contributed by atoms with E-state index >= 15 is 0 Å². The van der Waals surface area contributed by atoms with Gasteiger partial charge in [-0.05, 0) is 42.3 Å². The van der Waals surface area contributed by atoms with Gasteiger partial charge in [0.15, 0.2) is 0 Å². The second kappa shape index (κ2) is 8.53. The third-order valence-electron chi connectivity index (χ3n) is 3.32. The number of nitrogens with zero attached hydrogens (tertiary/aromatic N) is 1. The summed E-state index contributed by atoms with van der Waals surface area (Å²) in [5.41, 5.74) is 2.60. The Hall–Kier alpha value is -2.29. The number of carbonyl (C=O) groups excluding carboxylic acids is 1. The van der Waals surface area contributed by atoms with Crippen LogP contribution in [0, 0.1) is 18.3 Å². The van der Waals surface area contributed by atoms with Gasteiger partial charge in [-0.25, -0.2) is 0 Å². The van der Waals surface area contributed by atoms with E-state index in [0.717, 1.165) is 21.3 Å². The molecular formula is C18H15BrClN3O. The Morgan fingerprint density at radius 1 is 1.33 bits per heavy atom. The number of amides is 1. The SMILES string of the molecule is Cc1cc(Br)ccc1N/C=C(/C#N)C(=O)NCc1ccccc1Cl. The van der Waals surface area contributed by atoms with E-state index in [1.54, 1.807) is 6.07 Å². The van der Waals surface area contributed by atoms with Crippen molar-refractivity contribution >= 4 is 39.1 Å². The molecule has 0 aliphatic heterocycles. The van der Waals surface area contributed by atoms with Crippen molar-refractivity contribution in [3.05, 3.63) is 74.9 Å². The zero-order valence-electron chi connectivity index (χ0n) is 12.9. The predicted octanol–water partition coefficient (Wildman–Crippen LogP) is 4.55. The van der Waals surface area contributed by atoms with Crippen LogP contribution in [0.2, 0.25) is 5.02 Å². The van der Waals surface area contributed by atoms with E-state index in [4.69, 9.17) is 11.6 Å². The Morgan fingerprint density at radius 2 is 2.08 bits per heavy atom. The molecule has 0 aromatic heterocycles. The second-order valence-electron chi connectivity index (χ2n) is 5.05. The minimum atomic E-state index is -0.459. The van der Waals surface area contributed by atoms with Crippen LogP contribution < -0.4 is 10.6 Å². The number of nitrogens with one attached hydrogen (secondary N) is 2. The Morgan fingerprint density at radius 3 is 2.75 bits per heavy atom. The fraction of sp³-hybridized carbons (Fsp3) is 0.111. The predicted molar refractivity (Wildman–Crippen MR) is 99.5 cm³/mol. The summed E-state index contributed by atoms with van der Waals surface area (Å²) in [5.74, 6) is -0.459. The maximum Gasteiger partial charge on any atom is 0.263 e. The van der Waals surface area contributed by atoms with Gasteiger partial charge >= 0.3 is 0 Å². The number of benzene rings is 2.